The highest BCUT2D eigenvalue weighted by atomic mass is 32.1. The molecule has 0 amide bonds. The zero-order valence-electron chi connectivity index (χ0n) is 22.2. The molecule has 1 aromatic heterocycles. The molecule has 0 aromatic carbocycles. The van der Waals surface area contributed by atoms with E-state index in [1.54, 1.807) is 27.7 Å². The average molecular weight is 510 g/mol. The number of aliphatic hydroxyl groups excluding tert-OH is 2. The number of aliphatic hydroxyl groups is 3. The predicted molar refractivity (Wildman–Crippen MR) is 138 cm³/mol. The lowest BCUT2D eigenvalue weighted by Crippen LogP contribution is -2.45. The van der Waals surface area contributed by atoms with Gasteiger partial charge in [-0.1, -0.05) is 34.1 Å². The van der Waals surface area contributed by atoms with Gasteiger partial charge in [-0.05, 0) is 64.0 Å². The maximum absolute atomic E-state index is 13.2. The number of rotatable bonds is 2. The van der Waals surface area contributed by atoms with Crippen LogP contribution in [-0.2, 0) is 14.3 Å². The van der Waals surface area contributed by atoms with Gasteiger partial charge in [-0.3, -0.25) is 9.59 Å². The van der Waals surface area contributed by atoms with E-state index in [2.05, 4.69) is 4.98 Å². The van der Waals surface area contributed by atoms with Gasteiger partial charge in [-0.25, -0.2) is 4.98 Å². The molecule has 1 aromatic rings. The van der Waals surface area contributed by atoms with Gasteiger partial charge in [0.2, 0.25) is 0 Å². The van der Waals surface area contributed by atoms with Crippen LogP contribution in [0.15, 0.2) is 11.0 Å². The number of carbonyl (C=O) groups excluding carboxylic acids is 2. The summed E-state index contributed by atoms with van der Waals surface area (Å²) in [6.45, 7) is 12.3. The first-order valence-corrected chi connectivity index (χ1v) is 13.4. The van der Waals surface area contributed by atoms with Crippen molar-refractivity contribution in [1.29, 1.82) is 0 Å². The minimum atomic E-state index is -1.26. The van der Waals surface area contributed by atoms with Crippen molar-refractivity contribution in [3.63, 3.8) is 0 Å². The van der Waals surface area contributed by atoms with E-state index < -0.39 is 41.2 Å². The third-order valence-electron chi connectivity index (χ3n) is 7.45. The second-order valence-corrected chi connectivity index (χ2v) is 12.2. The smallest absolute Gasteiger partial charge is 0.309 e. The summed E-state index contributed by atoms with van der Waals surface area (Å²) in [5, 5.41) is 35.5. The zero-order chi connectivity index (χ0) is 26.6. The quantitative estimate of drug-likeness (QED) is 0.504. The van der Waals surface area contributed by atoms with Crippen LogP contribution in [0.3, 0.4) is 0 Å². The van der Waals surface area contributed by atoms with Gasteiger partial charge in [0.05, 0.1) is 40.3 Å². The van der Waals surface area contributed by atoms with Gasteiger partial charge >= 0.3 is 5.97 Å². The van der Waals surface area contributed by atoms with E-state index in [1.807, 2.05) is 32.2 Å². The topological polar surface area (TPSA) is 117 Å². The lowest BCUT2D eigenvalue weighted by Gasteiger charge is -2.35. The van der Waals surface area contributed by atoms with Gasteiger partial charge in [0, 0.05) is 11.3 Å². The number of carbonyl (C=O) groups is 2. The molecule has 1 aliphatic heterocycles. The summed E-state index contributed by atoms with van der Waals surface area (Å²) in [6, 6.07) is 0. The standard InChI is InChI=1S/C27H43NO6S/c1-16-9-8-11-27(7,33)12-10-21(17(2)13-20-15-35-19(4)28-20)34-23(30)14-22(29)26(5,6)25(32)18(3)24(16)31/h13,15-16,18,21-22,24,29,31,33H,8-12,14H2,1-7H3/b17-13+/t16-,18+,21-,22-,24-,27+/m0/s1. The summed E-state index contributed by atoms with van der Waals surface area (Å²) in [7, 11) is 0. The predicted octanol–water partition coefficient (Wildman–Crippen LogP) is 4.46. The molecule has 0 saturated carbocycles. The SMILES string of the molecule is C/C(=C\c1csc(C)n1)[C@@H]1CC[C@](C)(O)CCC[C@H](C)[C@H](O)[C@@H](C)C(=O)C(C)(C)[C@@H](O)CC(=O)O1. The van der Waals surface area contributed by atoms with E-state index in [9.17, 15) is 24.9 Å². The molecular formula is C27H43NO6S. The molecule has 2 heterocycles. The second-order valence-electron chi connectivity index (χ2n) is 11.1. The average Bonchev–Trinajstić information content (AvgIpc) is 3.18. The largest absolute Gasteiger partial charge is 0.458 e. The van der Waals surface area contributed by atoms with Crippen LogP contribution in [0.2, 0.25) is 0 Å². The van der Waals surface area contributed by atoms with Crippen molar-refractivity contribution >= 4 is 29.2 Å². The lowest BCUT2D eigenvalue weighted by atomic mass is 9.73. The summed E-state index contributed by atoms with van der Waals surface area (Å²) >= 11 is 1.53. The van der Waals surface area contributed by atoms with E-state index in [0.717, 1.165) is 16.3 Å². The van der Waals surface area contributed by atoms with Crippen molar-refractivity contribution in [3.8, 4) is 0 Å². The Bertz CT molecular complexity index is 905. The van der Waals surface area contributed by atoms with Crippen molar-refractivity contribution < 1.29 is 29.6 Å². The van der Waals surface area contributed by atoms with E-state index in [0.29, 0.717) is 32.1 Å². The molecule has 35 heavy (non-hydrogen) atoms. The first kappa shape index (κ1) is 29.6. The monoisotopic (exact) mass is 509 g/mol. The van der Waals surface area contributed by atoms with E-state index >= 15 is 0 Å². The minimum absolute atomic E-state index is 0.143. The van der Waals surface area contributed by atoms with Crippen LogP contribution in [0.5, 0.6) is 0 Å². The molecule has 198 valence electrons. The van der Waals surface area contributed by atoms with Crippen LogP contribution in [0, 0.1) is 24.2 Å². The van der Waals surface area contributed by atoms with Gasteiger partial charge in [-0.15, -0.1) is 11.3 Å². The summed E-state index contributed by atoms with van der Waals surface area (Å²) < 4.78 is 5.79. The van der Waals surface area contributed by atoms with Crippen molar-refractivity contribution in [1.82, 2.24) is 4.98 Å². The maximum Gasteiger partial charge on any atom is 0.309 e. The van der Waals surface area contributed by atoms with Crippen LogP contribution < -0.4 is 0 Å². The Labute approximate surface area is 213 Å². The molecule has 1 saturated heterocycles. The number of ether oxygens (including phenoxy) is 1. The number of thiazole rings is 1. The summed E-state index contributed by atoms with van der Waals surface area (Å²) in [5.74, 6) is -1.74. The van der Waals surface area contributed by atoms with Gasteiger partial charge in [0.25, 0.3) is 0 Å². The number of aromatic nitrogens is 1. The van der Waals surface area contributed by atoms with E-state index in [-0.39, 0.29) is 18.1 Å². The summed E-state index contributed by atoms with van der Waals surface area (Å²) in [4.78, 5) is 30.5. The van der Waals surface area contributed by atoms with Gasteiger partial charge < -0.3 is 20.1 Å². The molecule has 1 fully saturated rings. The molecule has 2 rings (SSSR count). The number of cyclic esters (lactones) is 1. The minimum Gasteiger partial charge on any atom is -0.458 e. The Balaban J connectivity index is 2.33. The Hall–Kier alpha value is -1.61. The van der Waals surface area contributed by atoms with Crippen LogP contribution in [0.25, 0.3) is 6.08 Å². The van der Waals surface area contributed by atoms with Gasteiger partial charge in [-0.2, -0.15) is 0 Å². The third-order valence-corrected chi connectivity index (χ3v) is 8.24. The number of nitrogens with zero attached hydrogens (tertiary/aromatic N) is 1. The van der Waals surface area contributed by atoms with E-state index in [4.69, 9.17) is 4.74 Å². The summed E-state index contributed by atoms with van der Waals surface area (Å²) in [6.07, 6.45) is 1.55. The highest BCUT2D eigenvalue weighted by molar-refractivity contribution is 7.09. The molecule has 0 unspecified atom stereocenters. The Morgan fingerprint density at radius 3 is 2.43 bits per heavy atom. The number of Topliss-reactive ketones (excluding diaryl/α,β-unsaturated/α-hetero) is 1. The molecule has 0 spiro atoms. The molecule has 3 N–H and O–H groups in total. The number of esters is 1. The molecule has 8 heteroatoms. The lowest BCUT2D eigenvalue weighted by molar-refractivity contribution is -0.155. The van der Waals surface area contributed by atoms with Crippen molar-refractivity contribution in [2.45, 2.75) is 111 Å². The van der Waals surface area contributed by atoms with Crippen molar-refractivity contribution in [2.24, 2.45) is 17.3 Å². The Morgan fingerprint density at radius 2 is 1.83 bits per heavy atom. The molecule has 0 bridgehead atoms. The molecular weight excluding hydrogens is 466 g/mol. The molecule has 7 nitrogen and oxygen atoms in total. The fourth-order valence-corrected chi connectivity index (χ4v) is 5.28. The number of ketones is 1. The fraction of sp³-hybridized carbons (Fsp3) is 0.741. The number of hydrogen-bond acceptors (Lipinski definition) is 8. The van der Waals surface area contributed by atoms with Crippen LogP contribution >= 0.6 is 11.3 Å². The summed E-state index contributed by atoms with van der Waals surface area (Å²) in [5.41, 5.74) is -0.602. The second kappa shape index (κ2) is 12.1. The maximum atomic E-state index is 13.2. The number of hydrogen-bond donors (Lipinski definition) is 3. The molecule has 0 aliphatic carbocycles. The van der Waals surface area contributed by atoms with Crippen LogP contribution in [0.4, 0.5) is 0 Å². The van der Waals surface area contributed by atoms with Gasteiger partial charge in [0.15, 0.2) is 0 Å². The molecule has 1 aliphatic rings. The van der Waals surface area contributed by atoms with Gasteiger partial charge in [0.1, 0.15) is 11.9 Å². The first-order valence-electron chi connectivity index (χ1n) is 12.6. The Kier molecular flexibility index (Phi) is 10.2. The van der Waals surface area contributed by atoms with Crippen LogP contribution in [-0.4, -0.2) is 56.0 Å². The normalized spacial score (nSPS) is 34.5. The van der Waals surface area contributed by atoms with Crippen LogP contribution in [0.1, 0.15) is 90.8 Å². The third kappa shape index (κ3) is 8.20. The fourth-order valence-electron chi connectivity index (χ4n) is 4.71. The van der Waals surface area contributed by atoms with Crippen molar-refractivity contribution in [3.05, 3.63) is 21.7 Å². The Morgan fingerprint density at radius 1 is 1.17 bits per heavy atom. The highest BCUT2D eigenvalue weighted by Gasteiger charge is 2.42. The van der Waals surface area contributed by atoms with E-state index in [1.165, 1.54) is 11.3 Å². The number of aryl methyl sites for hydroxylation is 1. The first-order chi connectivity index (χ1) is 16.1. The molecule has 0 radical (unpaired) electrons. The zero-order valence-corrected chi connectivity index (χ0v) is 23.0. The highest BCUT2D eigenvalue weighted by Crippen LogP contribution is 2.33. The molecule has 6 atom stereocenters. The van der Waals surface area contributed by atoms with Crippen molar-refractivity contribution in [2.75, 3.05) is 0 Å².